The summed E-state index contributed by atoms with van der Waals surface area (Å²) < 4.78 is 5.68. The standard InChI is InChI=1S/C29H38N6O4S/c1-17(2)26(24-14-25(33-39-24)34-11-9-30-10-12-34)29(38)35-15-22(36)13-23(35)28(37)32-18(3)20-5-7-21(8-6-20)27-19(4)31-16-40-27/h5-8,14,16-18,22-23,26,30,36H,9-13,15H2,1-4H3,(H,32,37)/t18-,22-,23+,26?/m1/s1. The molecule has 0 aliphatic carbocycles. The second-order valence-corrected chi connectivity index (χ2v) is 11.9. The lowest BCUT2D eigenvalue weighted by molar-refractivity contribution is -0.141. The monoisotopic (exact) mass is 566 g/mol. The molecule has 11 heteroatoms. The Morgan fingerprint density at radius 3 is 2.55 bits per heavy atom. The van der Waals surface area contributed by atoms with Crippen molar-refractivity contribution >= 4 is 29.0 Å². The number of nitrogens with one attached hydrogen (secondary N) is 2. The maximum atomic E-state index is 13.9. The summed E-state index contributed by atoms with van der Waals surface area (Å²) >= 11 is 1.60. The van der Waals surface area contributed by atoms with Crippen LogP contribution >= 0.6 is 11.3 Å². The summed E-state index contributed by atoms with van der Waals surface area (Å²) in [6.45, 7) is 11.3. The Bertz CT molecular complexity index is 1320. The van der Waals surface area contributed by atoms with Gasteiger partial charge in [0.2, 0.25) is 11.8 Å². The predicted molar refractivity (Wildman–Crippen MR) is 154 cm³/mol. The average molecular weight is 567 g/mol. The quantitative estimate of drug-likeness (QED) is 0.380. The molecule has 40 heavy (non-hydrogen) atoms. The molecule has 2 aliphatic rings. The van der Waals surface area contributed by atoms with E-state index in [0.717, 1.165) is 53.7 Å². The molecule has 10 nitrogen and oxygen atoms in total. The molecule has 0 bridgehead atoms. The SMILES string of the molecule is Cc1ncsc1-c1ccc([C@@H](C)NC(=O)[C@@H]2C[C@@H](O)CN2C(=O)C(c2cc(N3CCNCC3)no2)C(C)C)cc1. The number of rotatable bonds is 8. The highest BCUT2D eigenvalue weighted by molar-refractivity contribution is 7.13. The number of aromatic nitrogens is 2. The normalized spacial score (nSPS) is 21.1. The number of aryl methyl sites for hydroxylation is 1. The zero-order chi connectivity index (χ0) is 28.4. The molecule has 2 saturated heterocycles. The summed E-state index contributed by atoms with van der Waals surface area (Å²) in [5.41, 5.74) is 4.87. The summed E-state index contributed by atoms with van der Waals surface area (Å²) in [7, 11) is 0. The van der Waals surface area contributed by atoms with Gasteiger partial charge in [-0.2, -0.15) is 0 Å². The molecule has 1 unspecified atom stereocenters. The molecular weight excluding hydrogens is 528 g/mol. The van der Waals surface area contributed by atoms with Gasteiger partial charge in [-0.3, -0.25) is 9.59 Å². The largest absolute Gasteiger partial charge is 0.391 e. The molecule has 2 aromatic heterocycles. The van der Waals surface area contributed by atoms with Crippen molar-refractivity contribution in [3.63, 3.8) is 0 Å². The van der Waals surface area contributed by atoms with Crippen molar-refractivity contribution in [3.8, 4) is 10.4 Å². The number of nitrogens with zero attached hydrogens (tertiary/aromatic N) is 4. The van der Waals surface area contributed by atoms with Gasteiger partial charge in [-0.05, 0) is 30.9 Å². The molecule has 0 saturated carbocycles. The minimum absolute atomic E-state index is 0.0857. The summed E-state index contributed by atoms with van der Waals surface area (Å²) in [4.78, 5) is 36.4. The Balaban J connectivity index is 1.28. The van der Waals surface area contributed by atoms with Crippen LogP contribution in [-0.4, -0.2) is 76.8 Å². The number of aliphatic hydroxyl groups is 1. The Morgan fingerprint density at radius 1 is 1.18 bits per heavy atom. The van der Waals surface area contributed by atoms with Crippen molar-refractivity contribution in [2.24, 2.45) is 5.92 Å². The van der Waals surface area contributed by atoms with E-state index in [-0.39, 0.29) is 36.7 Å². The van der Waals surface area contributed by atoms with Gasteiger partial charge in [-0.1, -0.05) is 43.3 Å². The topological polar surface area (TPSA) is 124 Å². The number of benzene rings is 1. The third kappa shape index (κ3) is 5.91. The first-order valence-electron chi connectivity index (χ1n) is 13.9. The minimum atomic E-state index is -0.768. The number of likely N-dealkylation sites (tertiary alicyclic amines) is 1. The Kier molecular flexibility index (Phi) is 8.53. The first-order chi connectivity index (χ1) is 19.2. The molecule has 214 valence electrons. The molecule has 5 rings (SSSR count). The summed E-state index contributed by atoms with van der Waals surface area (Å²) in [5.74, 6) is 0.00472. The Hall–Kier alpha value is -3.28. The molecule has 0 spiro atoms. The summed E-state index contributed by atoms with van der Waals surface area (Å²) in [6, 6.07) is 8.88. The third-order valence-corrected chi connectivity index (χ3v) is 8.82. The van der Waals surface area contributed by atoms with Crippen LogP contribution in [0.4, 0.5) is 5.82 Å². The van der Waals surface area contributed by atoms with Gasteiger partial charge in [-0.25, -0.2) is 4.98 Å². The van der Waals surface area contributed by atoms with Crippen molar-refractivity contribution in [2.45, 2.75) is 58.2 Å². The smallest absolute Gasteiger partial charge is 0.243 e. The van der Waals surface area contributed by atoms with Crippen molar-refractivity contribution in [1.82, 2.24) is 25.7 Å². The van der Waals surface area contributed by atoms with Gasteiger partial charge < -0.3 is 30.1 Å². The van der Waals surface area contributed by atoms with Crippen molar-refractivity contribution in [3.05, 3.63) is 52.9 Å². The number of hydrogen-bond acceptors (Lipinski definition) is 9. The van der Waals surface area contributed by atoms with Crippen LogP contribution in [-0.2, 0) is 9.59 Å². The van der Waals surface area contributed by atoms with Gasteiger partial charge in [-0.15, -0.1) is 11.3 Å². The van der Waals surface area contributed by atoms with Crippen LogP contribution in [0, 0.1) is 12.8 Å². The van der Waals surface area contributed by atoms with Crippen LogP contribution in [0.2, 0.25) is 0 Å². The highest BCUT2D eigenvalue weighted by Gasteiger charge is 2.43. The molecule has 4 heterocycles. The fourth-order valence-electron chi connectivity index (χ4n) is 5.58. The van der Waals surface area contributed by atoms with Gasteiger partial charge in [0.15, 0.2) is 11.6 Å². The zero-order valence-corrected chi connectivity index (χ0v) is 24.3. The zero-order valence-electron chi connectivity index (χ0n) is 23.5. The number of piperazine rings is 1. The Labute approximate surface area is 238 Å². The van der Waals surface area contributed by atoms with E-state index in [1.54, 1.807) is 11.3 Å². The number of anilines is 1. The lowest BCUT2D eigenvalue weighted by Gasteiger charge is -2.29. The van der Waals surface area contributed by atoms with Crippen LogP contribution in [0.1, 0.15) is 56.2 Å². The molecular formula is C29H38N6O4S. The lowest BCUT2D eigenvalue weighted by atomic mass is 9.91. The Morgan fingerprint density at radius 2 is 1.90 bits per heavy atom. The number of carbonyl (C=O) groups is 2. The van der Waals surface area contributed by atoms with E-state index in [9.17, 15) is 14.7 Å². The van der Waals surface area contributed by atoms with E-state index in [4.69, 9.17) is 4.52 Å². The molecule has 3 N–H and O–H groups in total. The molecule has 0 radical (unpaired) electrons. The molecule has 2 amide bonds. The van der Waals surface area contributed by atoms with Gasteiger partial charge in [0, 0.05) is 45.2 Å². The van der Waals surface area contributed by atoms with E-state index in [0.29, 0.717) is 5.76 Å². The first kappa shape index (κ1) is 28.3. The van der Waals surface area contributed by atoms with E-state index in [1.165, 1.54) is 4.90 Å². The van der Waals surface area contributed by atoms with E-state index in [1.807, 2.05) is 63.5 Å². The number of β-amino-alcohol motifs (C(OH)–C–C–N with tert-alkyl or cyclic N) is 1. The van der Waals surface area contributed by atoms with Gasteiger partial charge in [0.25, 0.3) is 0 Å². The predicted octanol–water partition coefficient (Wildman–Crippen LogP) is 3.09. The van der Waals surface area contributed by atoms with Crippen LogP contribution in [0.5, 0.6) is 0 Å². The fraction of sp³-hybridized carbons (Fsp3) is 0.517. The lowest BCUT2D eigenvalue weighted by Crippen LogP contribution is -2.48. The molecule has 4 atom stereocenters. The first-order valence-corrected chi connectivity index (χ1v) is 14.8. The average Bonchev–Trinajstić information content (AvgIpc) is 3.69. The van der Waals surface area contributed by atoms with Crippen LogP contribution in [0.15, 0.2) is 40.4 Å². The van der Waals surface area contributed by atoms with E-state index >= 15 is 0 Å². The highest BCUT2D eigenvalue weighted by Crippen LogP contribution is 2.33. The molecule has 1 aromatic carbocycles. The van der Waals surface area contributed by atoms with Gasteiger partial charge in [0.05, 0.1) is 28.2 Å². The maximum Gasteiger partial charge on any atom is 0.243 e. The number of thiazole rings is 1. The number of carbonyl (C=O) groups excluding carboxylic acids is 2. The maximum absolute atomic E-state index is 13.9. The van der Waals surface area contributed by atoms with Crippen LogP contribution < -0.4 is 15.5 Å². The van der Waals surface area contributed by atoms with Crippen LogP contribution in [0.25, 0.3) is 10.4 Å². The molecule has 2 aliphatic heterocycles. The molecule has 3 aromatic rings. The van der Waals surface area contributed by atoms with Crippen molar-refractivity contribution in [2.75, 3.05) is 37.6 Å². The second kappa shape index (κ2) is 12.1. The third-order valence-electron chi connectivity index (χ3n) is 7.84. The second-order valence-electron chi connectivity index (χ2n) is 11.1. The van der Waals surface area contributed by atoms with Crippen LogP contribution in [0.3, 0.4) is 0 Å². The number of amides is 2. The minimum Gasteiger partial charge on any atom is -0.391 e. The number of aliphatic hydroxyl groups excluding tert-OH is 1. The number of hydrogen-bond donors (Lipinski definition) is 3. The van der Waals surface area contributed by atoms with E-state index in [2.05, 4.69) is 25.7 Å². The fourth-order valence-corrected chi connectivity index (χ4v) is 6.40. The summed E-state index contributed by atoms with van der Waals surface area (Å²) in [6.07, 6.45) is -0.572. The highest BCUT2D eigenvalue weighted by atomic mass is 32.1. The van der Waals surface area contributed by atoms with E-state index < -0.39 is 18.1 Å². The van der Waals surface area contributed by atoms with Gasteiger partial charge in [0.1, 0.15) is 12.0 Å². The van der Waals surface area contributed by atoms with Crippen molar-refractivity contribution < 1.29 is 19.2 Å². The van der Waals surface area contributed by atoms with Gasteiger partial charge >= 0.3 is 0 Å². The molecule has 2 fully saturated rings. The van der Waals surface area contributed by atoms with Crippen molar-refractivity contribution in [1.29, 1.82) is 0 Å². The summed E-state index contributed by atoms with van der Waals surface area (Å²) in [5, 5.41) is 21.1.